The zero-order chi connectivity index (χ0) is 15.5. The topological polar surface area (TPSA) is 55.8 Å². The number of aliphatic hydroxyl groups excluding tert-OH is 1. The van der Waals surface area contributed by atoms with Crippen LogP contribution < -0.4 is 10.2 Å². The number of nitrogens with zero attached hydrogens (tertiary/aromatic N) is 2. The lowest BCUT2D eigenvalue weighted by molar-refractivity contribution is 0.142. The van der Waals surface area contributed by atoms with E-state index < -0.39 is 0 Å². The van der Waals surface area contributed by atoms with Gasteiger partial charge in [0.1, 0.15) is 0 Å². The third-order valence-electron chi connectivity index (χ3n) is 4.97. The summed E-state index contributed by atoms with van der Waals surface area (Å²) in [5, 5.41) is 12.6. The first kappa shape index (κ1) is 15.2. The molecule has 0 unspecified atom stereocenters. The highest BCUT2D eigenvalue weighted by Crippen LogP contribution is 2.24. The van der Waals surface area contributed by atoms with Crippen LogP contribution in [0.1, 0.15) is 19.8 Å². The Balaban J connectivity index is 1.55. The molecule has 2 aliphatic heterocycles. The number of likely N-dealkylation sites (tertiary alicyclic amines) is 1. The van der Waals surface area contributed by atoms with Crippen LogP contribution >= 0.6 is 0 Å². The molecule has 2 heterocycles. The fraction of sp³-hybridized carbons (Fsp3) is 0.588. The predicted molar refractivity (Wildman–Crippen MR) is 87.0 cm³/mol. The van der Waals surface area contributed by atoms with Gasteiger partial charge in [-0.05, 0) is 30.9 Å². The fourth-order valence-corrected chi connectivity index (χ4v) is 3.55. The molecule has 120 valence electrons. The third kappa shape index (κ3) is 3.04. The Morgan fingerprint density at radius 1 is 1.27 bits per heavy atom. The number of anilines is 1. The van der Waals surface area contributed by atoms with E-state index in [1.54, 1.807) is 4.90 Å². The minimum Gasteiger partial charge on any atom is -0.394 e. The van der Waals surface area contributed by atoms with Crippen LogP contribution in [0.4, 0.5) is 10.5 Å². The molecule has 5 nitrogen and oxygen atoms in total. The molecule has 22 heavy (non-hydrogen) atoms. The van der Waals surface area contributed by atoms with Crippen molar-refractivity contribution in [1.82, 2.24) is 10.2 Å². The molecule has 0 aliphatic carbocycles. The van der Waals surface area contributed by atoms with E-state index in [1.807, 2.05) is 18.2 Å². The largest absolute Gasteiger partial charge is 0.394 e. The van der Waals surface area contributed by atoms with Gasteiger partial charge in [0.25, 0.3) is 0 Å². The number of carbonyl (C=O) groups excluding carboxylic acids is 1. The first-order valence-corrected chi connectivity index (χ1v) is 8.17. The van der Waals surface area contributed by atoms with E-state index in [1.165, 1.54) is 5.69 Å². The minimum absolute atomic E-state index is 0.0247. The second kappa shape index (κ2) is 6.57. The van der Waals surface area contributed by atoms with Crippen molar-refractivity contribution >= 4 is 11.7 Å². The maximum absolute atomic E-state index is 12.4. The van der Waals surface area contributed by atoms with Crippen molar-refractivity contribution in [2.24, 2.45) is 5.92 Å². The molecule has 0 saturated carbocycles. The second-order valence-corrected chi connectivity index (χ2v) is 6.43. The van der Waals surface area contributed by atoms with Crippen molar-refractivity contribution in [3.8, 4) is 0 Å². The number of hydrogen-bond acceptors (Lipinski definition) is 3. The van der Waals surface area contributed by atoms with Crippen molar-refractivity contribution in [3.63, 3.8) is 0 Å². The summed E-state index contributed by atoms with van der Waals surface area (Å²) in [5.74, 6) is 0.375. The van der Waals surface area contributed by atoms with E-state index in [4.69, 9.17) is 0 Å². The quantitative estimate of drug-likeness (QED) is 0.893. The lowest BCUT2D eigenvalue weighted by Crippen LogP contribution is -2.49. The summed E-state index contributed by atoms with van der Waals surface area (Å²) in [6.07, 6.45) is 1.94. The van der Waals surface area contributed by atoms with Crippen molar-refractivity contribution < 1.29 is 9.90 Å². The maximum atomic E-state index is 12.4. The fourth-order valence-electron chi connectivity index (χ4n) is 3.55. The molecule has 2 saturated heterocycles. The highest BCUT2D eigenvalue weighted by molar-refractivity contribution is 5.75. The molecular weight excluding hydrogens is 278 g/mol. The molecular formula is C17H25N3O2. The Kier molecular flexibility index (Phi) is 4.52. The van der Waals surface area contributed by atoms with Gasteiger partial charge in [0.15, 0.2) is 0 Å². The van der Waals surface area contributed by atoms with E-state index in [0.29, 0.717) is 5.92 Å². The Morgan fingerprint density at radius 2 is 2.05 bits per heavy atom. The van der Waals surface area contributed by atoms with Crippen LogP contribution in [-0.2, 0) is 0 Å². The zero-order valence-corrected chi connectivity index (χ0v) is 13.1. The van der Waals surface area contributed by atoms with Crippen LogP contribution in [0.25, 0.3) is 0 Å². The molecule has 2 fully saturated rings. The van der Waals surface area contributed by atoms with Gasteiger partial charge in [-0.3, -0.25) is 0 Å². The van der Waals surface area contributed by atoms with Crippen molar-refractivity contribution in [3.05, 3.63) is 30.3 Å². The Bertz CT molecular complexity index is 508. The average molecular weight is 303 g/mol. The summed E-state index contributed by atoms with van der Waals surface area (Å²) in [4.78, 5) is 16.6. The van der Waals surface area contributed by atoms with Crippen molar-refractivity contribution in [1.29, 1.82) is 0 Å². The van der Waals surface area contributed by atoms with Crippen LogP contribution in [0.2, 0.25) is 0 Å². The number of hydrogen-bond donors (Lipinski definition) is 2. The summed E-state index contributed by atoms with van der Waals surface area (Å²) >= 11 is 0. The first-order valence-electron chi connectivity index (χ1n) is 8.17. The number of benzene rings is 1. The molecule has 3 atom stereocenters. The van der Waals surface area contributed by atoms with Gasteiger partial charge in [-0.15, -0.1) is 0 Å². The Hall–Kier alpha value is -1.75. The van der Waals surface area contributed by atoms with Gasteiger partial charge >= 0.3 is 6.03 Å². The van der Waals surface area contributed by atoms with Crippen molar-refractivity contribution in [2.45, 2.75) is 31.8 Å². The molecule has 0 bridgehead atoms. The standard InChI is InChI=1S/C17H25N3O2/c1-13-7-10-20(16(13)12-21)17(22)18-14-8-9-19(11-14)15-5-3-2-4-6-15/h2-6,13-14,16,21H,7-12H2,1H3,(H,18,22)/t13-,14-,16+/m1/s1. The number of rotatable bonds is 3. The Labute approximate surface area is 131 Å². The zero-order valence-electron chi connectivity index (χ0n) is 13.1. The van der Waals surface area contributed by atoms with E-state index in [2.05, 4.69) is 29.3 Å². The van der Waals surface area contributed by atoms with Crippen LogP contribution in [-0.4, -0.2) is 54.4 Å². The number of urea groups is 1. The normalized spacial score (nSPS) is 28.2. The highest BCUT2D eigenvalue weighted by Gasteiger charge is 2.35. The lowest BCUT2D eigenvalue weighted by atomic mass is 10.0. The summed E-state index contributed by atoms with van der Waals surface area (Å²) in [5.41, 5.74) is 1.21. The molecule has 5 heteroatoms. The van der Waals surface area contributed by atoms with Crippen molar-refractivity contribution in [2.75, 3.05) is 31.1 Å². The molecule has 0 radical (unpaired) electrons. The summed E-state index contributed by atoms with van der Waals surface area (Å²) in [7, 11) is 0. The number of amides is 2. The summed E-state index contributed by atoms with van der Waals surface area (Å²) in [6, 6.07) is 10.4. The average Bonchev–Trinajstić information content (AvgIpc) is 3.14. The molecule has 1 aromatic rings. The van der Waals surface area contributed by atoms with Crippen LogP contribution in [0, 0.1) is 5.92 Å². The SMILES string of the molecule is C[C@@H]1CCN(C(=O)N[C@@H]2CCN(c3ccccc3)C2)[C@H]1CO. The number of para-hydroxylation sites is 1. The van der Waals surface area contributed by atoms with Gasteiger partial charge in [-0.25, -0.2) is 4.79 Å². The first-order chi connectivity index (χ1) is 10.7. The Morgan fingerprint density at radius 3 is 2.77 bits per heavy atom. The molecule has 0 spiro atoms. The molecule has 1 aromatic carbocycles. The molecule has 2 aliphatic rings. The maximum Gasteiger partial charge on any atom is 0.318 e. The van der Waals surface area contributed by atoms with Gasteiger partial charge < -0.3 is 20.2 Å². The molecule has 3 rings (SSSR count). The monoisotopic (exact) mass is 303 g/mol. The predicted octanol–water partition coefficient (Wildman–Crippen LogP) is 1.68. The van der Waals surface area contributed by atoms with Crippen LogP contribution in [0.15, 0.2) is 30.3 Å². The van der Waals surface area contributed by atoms with Crippen LogP contribution in [0.5, 0.6) is 0 Å². The smallest absolute Gasteiger partial charge is 0.318 e. The van der Waals surface area contributed by atoms with E-state index in [9.17, 15) is 9.90 Å². The van der Waals surface area contributed by atoms with E-state index in [-0.39, 0.29) is 24.7 Å². The molecule has 2 N–H and O–H groups in total. The van der Waals surface area contributed by atoms with Gasteiger partial charge in [-0.1, -0.05) is 25.1 Å². The minimum atomic E-state index is -0.0355. The highest BCUT2D eigenvalue weighted by atomic mass is 16.3. The van der Waals surface area contributed by atoms with Gasteiger partial charge in [0.2, 0.25) is 0 Å². The van der Waals surface area contributed by atoms with Crippen LogP contribution in [0.3, 0.4) is 0 Å². The second-order valence-electron chi connectivity index (χ2n) is 6.43. The van der Waals surface area contributed by atoms with E-state index >= 15 is 0 Å². The number of carbonyl (C=O) groups is 1. The molecule has 0 aromatic heterocycles. The lowest BCUT2D eigenvalue weighted by Gasteiger charge is -2.27. The number of aliphatic hydroxyl groups is 1. The van der Waals surface area contributed by atoms with Gasteiger partial charge in [0.05, 0.1) is 12.6 Å². The summed E-state index contributed by atoms with van der Waals surface area (Å²) in [6.45, 7) is 4.71. The van der Waals surface area contributed by atoms with Gasteiger partial charge in [-0.2, -0.15) is 0 Å². The van der Waals surface area contributed by atoms with E-state index in [0.717, 1.165) is 32.5 Å². The summed E-state index contributed by atoms with van der Waals surface area (Å²) < 4.78 is 0. The number of nitrogens with one attached hydrogen (secondary N) is 1. The molecule has 2 amide bonds. The van der Waals surface area contributed by atoms with Gasteiger partial charge in [0, 0.05) is 31.4 Å². The third-order valence-corrected chi connectivity index (χ3v) is 4.97.